The largest absolute Gasteiger partial charge is 0.288 e. The fourth-order valence-electron chi connectivity index (χ4n) is 1.87. The van der Waals surface area contributed by atoms with Crippen molar-refractivity contribution >= 4 is 55.9 Å². The summed E-state index contributed by atoms with van der Waals surface area (Å²) in [4.78, 5) is 36.7. The van der Waals surface area contributed by atoms with E-state index >= 15 is 0 Å². The molecule has 1 aromatic rings. The van der Waals surface area contributed by atoms with E-state index in [1.165, 1.54) is 12.1 Å². The van der Waals surface area contributed by atoms with Crippen LogP contribution in [-0.2, 0) is 4.79 Å². The zero-order chi connectivity index (χ0) is 13.6. The fraction of sp³-hybridized carbons (Fsp3) is 0. The number of allylic oxidation sites excluding steroid dienone is 2. The van der Waals surface area contributed by atoms with Gasteiger partial charge < -0.3 is 0 Å². The van der Waals surface area contributed by atoms with Crippen LogP contribution >= 0.6 is 33.4 Å². The molecule has 3 rings (SSSR count). The second-order valence-electron chi connectivity index (χ2n) is 3.78. The summed E-state index contributed by atoms with van der Waals surface area (Å²) in [5.74, 6) is -1.97. The van der Waals surface area contributed by atoms with Crippen LogP contribution in [0.25, 0.3) is 0 Å². The van der Waals surface area contributed by atoms with Gasteiger partial charge in [-0.2, -0.15) is 4.40 Å². The van der Waals surface area contributed by atoms with Gasteiger partial charge >= 0.3 is 0 Å². The number of Topliss-reactive ketones (excluding diaryl/α,β-unsaturated/α-hetero) is 3. The van der Waals surface area contributed by atoms with Crippen LogP contribution in [0.3, 0.4) is 0 Å². The SMILES string of the molecule is O=C1C(=O)c2ccccc2C(=O)/C1=C1/SSN=C1Cl. The molecule has 7 heteroatoms. The van der Waals surface area contributed by atoms with Crippen LogP contribution in [-0.4, -0.2) is 22.5 Å². The normalized spacial score (nSPS) is 22.6. The molecule has 0 atom stereocenters. The Kier molecular flexibility index (Phi) is 3.08. The Morgan fingerprint density at radius 3 is 2.16 bits per heavy atom. The molecule has 1 aromatic carbocycles. The van der Waals surface area contributed by atoms with Crippen LogP contribution < -0.4 is 0 Å². The number of benzene rings is 1. The van der Waals surface area contributed by atoms with Gasteiger partial charge in [0, 0.05) is 11.1 Å². The minimum absolute atomic E-state index is 0.0823. The first-order valence-corrected chi connectivity index (χ1v) is 7.64. The quantitative estimate of drug-likeness (QED) is 0.242. The third kappa shape index (κ3) is 1.87. The fourth-order valence-corrected chi connectivity index (χ4v) is 4.20. The van der Waals surface area contributed by atoms with Gasteiger partial charge in [-0.3, -0.25) is 14.4 Å². The second kappa shape index (κ2) is 4.63. The monoisotopic (exact) mass is 309 g/mol. The first-order valence-electron chi connectivity index (χ1n) is 5.16. The molecule has 0 N–H and O–H groups in total. The summed E-state index contributed by atoms with van der Waals surface area (Å²) in [6.07, 6.45) is 0. The molecule has 0 radical (unpaired) electrons. The number of halogens is 1. The number of rotatable bonds is 0. The van der Waals surface area contributed by atoms with Gasteiger partial charge in [-0.15, -0.1) is 0 Å². The number of carbonyl (C=O) groups excluding carboxylic acids is 3. The van der Waals surface area contributed by atoms with Crippen LogP contribution in [0.2, 0.25) is 0 Å². The van der Waals surface area contributed by atoms with E-state index in [9.17, 15) is 14.4 Å². The van der Waals surface area contributed by atoms with E-state index < -0.39 is 17.3 Å². The van der Waals surface area contributed by atoms with Gasteiger partial charge in [0.15, 0.2) is 11.0 Å². The topological polar surface area (TPSA) is 63.6 Å². The summed E-state index contributed by atoms with van der Waals surface area (Å²) < 4.78 is 3.83. The van der Waals surface area contributed by atoms with Crippen molar-refractivity contribution in [2.75, 3.05) is 0 Å². The lowest BCUT2D eigenvalue weighted by molar-refractivity contribution is -0.111. The van der Waals surface area contributed by atoms with Crippen molar-refractivity contribution in [3.63, 3.8) is 0 Å². The third-order valence-corrected chi connectivity index (χ3v) is 5.06. The van der Waals surface area contributed by atoms with Crippen molar-refractivity contribution in [1.82, 2.24) is 0 Å². The maximum atomic E-state index is 12.3. The Bertz CT molecular complexity index is 709. The van der Waals surface area contributed by atoms with E-state index in [1.807, 2.05) is 0 Å². The highest BCUT2D eigenvalue weighted by Gasteiger charge is 2.39. The standard InChI is InChI=1S/C12H4ClNO3S2/c13-12-11(18-19-14-12)7-8(15)5-3-1-2-4-6(5)9(16)10(7)17/h1-4H/b11-7-. The van der Waals surface area contributed by atoms with Gasteiger partial charge in [-0.1, -0.05) is 35.9 Å². The Hall–Kier alpha value is -1.37. The van der Waals surface area contributed by atoms with Crippen LogP contribution in [0.5, 0.6) is 0 Å². The molecule has 19 heavy (non-hydrogen) atoms. The number of nitrogens with zero attached hydrogens (tertiary/aromatic N) is 1. The van der Waals surface area contributed by atoms with Crippen LogP contribution in [0.4, 0.5) is 0 Å². The summed E-state index contributed by atoms with van der Waals surface area (Å²) in [7, 11) is 2.18. The molecule has 1 aliphatic heterocycles. The molecule has 0 spiro atoms. The number of hydrogen-bond acceptors (Lipinski definition) is 6. The lowest BCUT2D eigenvalue weighted by Gasteiger charge is -2.16. The van der Waals surface area contributed by atoms with E-state index in [0.717, 1.165) is 21.8 Å². The van der Waals surface area contributed by atoms with Crippen molar-refractivity contribution in [2.24, 2.45) is 4.40 Å². The summed E-state index contributed by atoms with van der Waals surface area (Å²) in [6, 6.07) is 6.26. The van der Waals surface area contributed by atoms with Crippen molar-refractivity contribution in [1.29, 1.82) is 0 Å². The molecule has 0 saturated carbocycles. The second-order valence-corrected chi connectivity index (χ2v) is 5.99. The van der Waals surface area contributed by atoms with Crippen molar-refractivity contribution in [3.8, 4) is 0 Å². The number of fused-ring (bicyclic) bond motifs is 1. The van der Waals surface area contributed by atoms with E-state index in [2.05, 4.69) is 4.40 Å². The molecule has 0 fully saturated rings. The number of ketones is 3. The average molecular weight is 310 g/mol. The molecule has 0 bridgehead atoms. The Morgan fingerprint density at radius 1 is 0.947 bits per heavy atom. The van der Waals surface area contributed by atoms with E-state index in [1.54, 1.807) is 12.1 Å². The minimum Gasteiger partial charge on any atom is -0.288 e. The molecule has 0 saturated heterocycles. The zero-order valence-electron chi connectivity index (χ0n) is 9.18. The first-order chi connectivity index (χ1) is 9.11. The first kappa shape index (κ1) is 12.7. The summed E-state index contributed by atoms with van der Waals surface area (Å²) in [5, 5.41) is 0.0823. The van der Waals surface area contributed by atoms with E-state index in [0.29, 0.717) is 0 Å². The van der Waals surface area contributed by atoms with Gasteiger partial charge in [0.25, 0.3) is 0 Å². The minimum atomic E-state index is -0.818. The van der Waals surface area contributed by atoms with Crippen molar-refractivity contribution in [2.45, 2.75) is 0 Å². The molecule has 0 amide bonds. The Labute approximate surface area is 120 Å². The van der Waals surface area contributed by atoms with Gasteiger partial charge in [0.05, 0.1) is 21.5 Å². The molecular weight excluding hydrogens is 306 g/mol. The summed E-state index contributed by atoms with van der Waals surface area (Å²) in [5.41, 5.74) is 0.203. The zero-order valence-corrected chi connectivity index (χ0v) is 11.6. The van der Waals surface area contributed by atoms with Gasteiger partial charge in [0.1, 0.15) is 0 Å². The smallest absolute Gasteiger partial charge is 0.238 e. The molecule has 94 valence electrons. The predicted octanol–water partition coefficient (Wildman–Crippen LogP) is 2.84. The van der Waals surface area contributed by atoms with E-state index in [4.69, 9.17) is 11.6 Å². The van der Waals surface area contributed by atoms with Crippen LogP contribution in [0.15, 0.2) is 39.1 Å². The highest BCUT2D eigenvalue weighted by atomic mass is 35.5. The van der Waals surface area contributed by atoms with Gasteiger partial charge in [-0.05, 0) is 10.8 Å². The summed E-state index contributed by atoms with van der Waals surface area (Å²) in [6.45, 7) is 0. The molecule has 1 aliphatic carbocycles. The molecule has 0 unspecified atom stereocenters. The maximum absolute atomic E-state index is 12.3. The molecule has 1 heterocycles. The molecule has 0 aromatic heterocycles. The number of hydrogen-bond donors (Lipinski definition) is 0. The molecule has 2 aliphatic rings. The molecular formula is C12H4ClNO3S2. The number of carbonyl (C=O) groups is 3. The van der Waals surface area contributed by atoms with Crippen molar-refractivity contribution in [3.05, 3.63) is 45.9 Å². The predicted molar refractivity (Wildman–Crippen MR) is 75.6 cm³/mol. The third-order valence-electron chi connectivity index (χ3n) is 2.73. The lowest BCUT2D eigenvalue weighted by atomic mass is 9.85. The Morgan fingerprint density at radius 2 is 1.58 bits per heavy atom. The average Bonchev–Trinajstić information content (AvgIpc) is 2.83. The Balaban J connectivity index is 2.26. The summed E-state index contributed by atoms with van der Waals surface area (Å²) >= 11 is 5.85. The van der Waals surface area contributed by atoms with Gasteiger partial charge in [0.2, 0.25) is 11.6 Å². The van der Waals surface area contributed by atoms with Crippen molar-refractivity contribution < 1.29 is 14.4 Å². The van der Waals surface area contributed by atoms with Crippen LogP contribution in [0, 0.1) is 0 Å². The highest BCUT2D eigenvalue weighted by molar-refractivity contribution is 8.78. The van der Waals surface area contributed by atoms with Crippen LogP contribution in [0.1, 0.15) is 20.7 Å². The lowest BCUT2D eigenvalue weighted by Crippen LogP contribution is -2.31. The molecule has 4 nitrogen and oxygen atoms in total. The maximum Gasteiger partial charge on any atom is 0.238 e. The van der Waals surface area contributed by atoms with E-state index in [-0.39, 0.29) is 26.8 Å². The van der Waals surface area contributed by atoms with Gasteiger partial charge in [-0.25, -0.2) is 0 Å². The highest BCUT2D eigenvalue weighted by Crippen LogP contribution is 2.43.